The van der Waals surface area contributed by atoms with Crippen molar-refractivity contribution in [2.45, 2.75) is 25.8 Å². The van der Waals surface area contributed by atoms with Crippen LogP contribution in [0, 0.1) is 5.92 Å². The highest BCUT2D eigenvalue weighted by molar-refractivity contribution is 6.39. The minimum absolute atomic E-state index is 0.136. The van der Waals surface area contributed by atoms with Gasteiger partial charge >= 0.3 is 11.8 Å². The van der Waals surface area contributed by atoms with E-state index in [0.29, 0.717) is 23.7 Å². The van der Waals surface area contributed by atoms with E-state index in [1.54, 1.807) is 17.0 Å². The highest BCUT2D eigenvalue weighted by Gasteiger charge is 2.34. The SMILES string of the molecule is C[C@H]1CC[C@H](c2ccc(Cl)c(N)c2)N(C(=O)C(=O)Nc2cncc(C(N)=O)c2)C1. The summed E-state index contributed by atoms with van der Waals surface area (Å²) in [4.78, 5) is 42.2. The Hall–Kier alpha value is -3.13. The van der Waals surface area contributed by atoms with Crippen molar-refractivity contribution in [2.24, 2.45) is 11.7 Å². The normalized spacial score (nSPS) is 18.9. The molecule has 1 fully saturated rings. The Kier molecular flexibility index (Phi) is 6.03. The largest absolute Gasteiger partial charge is 0.398 e. The van der Waals surface area contributed by atoms with E-state index in [-0.39, 0.29) is 23.2 Å². The Morgan fingerprint density at radius 2 is 1.97 bits per heavy atom. The van der Waals surface area contributed by atoms with Gasteiger partial charge in [0.05, 0.1) is 34.2 Å². The fourth-order valence-corrected chi connectivity index (χ4v) is 3.57. The second-order valence-electron chi connectivity index (χ2n) is 7.22. The van der Waals surface area contributed by atoms with E-state index >= 15 is 0 Å². The molecular formula is C20H22ClN5O3. The third-order valence-corrected chi connectivity index (χ3v) is 5.30. The molecule has 2 heterocycles. The van der Waals surface area contributed by atoms with Gasteiger partial charge in [0.15, 0.2) is 0 Å². The van der Waals surface area contributed by atoms with Crippen molar-refractivity contribution in [2.75, 3.05) is 17.6 Å². The molecule has 0 spiro atoms. The molecule has 0 radical (unpaired) electrons. The number of likely N-dealkylation sites (tertiary alicyclic amines) is 1. The van der Waals surface area contributed by atoms with E-state index in [9.17, 15) is 14.4 Å². The number of hydrogen-bond donors (Lipinski definition) is 3. The van der Waals surface area contributed by atoms with Crippen molar-refractivity contribution in [3.8, 4) is 0 Å². The van der Waals surface area contributed by atoms with Gasteiger partial charge < -0.3 is 21.7 Å². The Bertz CT molecular complexity index is 965. The standard InChI is InChI=1S/C20H22ClN5O3/c1-11-2-5-17(12-3-4-15(21)16(22)7-12)26(10-11)20(29)19(28)25-14-6-13(18(23)27)8-24-9-14/h3-4,6-9,11,17H,2,5,10,22H2,1H3,(H2,23,27)(H,25,28)/t11-,17+/m0/s1. The predicted molar refractivity (Wildman–Crippen MR) is 110 cm³/mol. The minimum atomic E-state index is -0.811. The van der Waals surface area contributed by atoms with Crippen LogP contribution >= 0.6 is 11.6 Å². The zero-order chi connectivity index (χ0) is 21.1. The summed E-state index contributed by atoms with van der Waals surface area (Å²) in [5.74, 6) is -1.90. The van der Waals surface area contributed by atoms with Gasteiger partial charge in [-0.15, -0.1) is 0 Å². The number of nitrogens with one attached hydrogen (secondary N) is 1. The molecule has 3 rings (SSSR count). The summed E-state index contributed by atoms with van der Waals surface area (Å²) in [7, 11) is 0. The Labute approximate surface area is 173 Å². The van der Waals surface area contributed by atoms with E-state index in [1.807, 2.05) is 13.0 Å². The highest BCUT2D eigenvalue weighted by atomic mass is 35.5. The fraction of sp³-hybridized carbons (Fsp3) is 0.300. The van der Waals surface area contributed by atoms with Crippen LogP contribution in [0.25, 0.3) is 0 Å². The van der Waals surface area contributed by atoms with Crippen molar-refractivity contribution >= 4 is 40.7 Å². The maximum atomic E-state index is 12.9. The number of halogens is 1. The molecule has 152 valence electrons. The number of carbonyl (C=O) groups excluding carboxylic acids is 3. The molecule has 29 heavy (non-hydrogen) atoms. The predicted octanol–water partition coefficient (Wildman–Crippen LogP) is 2.35. The number of rotatable bonds is 3. The van der Waals surface area contributed by atoms with E-state index in [0.717, 1.165) is 12.0 Å². The number of piperidine rings is 1. The molecule has 0 bridgehead atoms. The lowest BCUT2D eigenvalue weighted by atomic mass is 9.89. The summed E-state index contributed by atoms with van der Waals surface area (Å²) in [6, 6.07) is 6.34. The molecule has 1 aliphatic rings. The van der Waals surface area contributed by atoms with Crippen molar-refractivity contribution in [3.05, 3.63) is 52.8 Å². The maximum Gasteiger partial charge on any atom is 0.313 e. The van der Waals surface area contributed by atoms with Gasteiger partial charge in [0.2, 0.25) is 5.91 Å². The van der Waals surface area contributed by atoms with Crippen LogP contribution in [0.4, 0.5) is 11.4 Å². The van der Waals surface area contributed by atoms with E-state index in [2.05, 4.69) is 10.3 Å². The van der Waals surface area contributed by atoms with Gasteiger partial charge in [-0.2, -0.15) is 0 Å². The van der Waals surface area contributed by atoms with Gasteiger partial charge in [0, 0.05) is 12.7 Å². The van der Waals surface area contributed by atoms with Gasteiger partial charge in [-0.25, -0.2) is 0 Å². The van der Waals surface area contributed by atoms with Crippen LogP contribution in [0.3, 0.4) is 0 Å². The number of hydrogen-bond acceptors (Lipinski definition) is 5. The topological polar surface area (TPSA) is 131 Å². The molecule has 2 aromatic rings. The fourth-order valence-electron chi connectivity index (χ4n) is 3.45. The molecule has 0 unspecified atom stereocenters. The van der Waals surface area contributed by atoms with Crippen molar-refractivity contribution in [1.29, 1.82) is 0 Å². The Morgan fingerprint density at radius 3 is 2.66 bits per heavy atom. The molecule has 1 saturated heterocycles. The van der Waals surface area contributed by atoms with Crippen LogP contribution in [-0.4, -0.2) is 34.2 Å². The van der Waals surface area contributed by atoms with Gasteiger partial charge in [-0.05, 0) is 42.5 Å². The number of carbonyl (C=O) groups is 3. The number of amides is 3. The van der Waals surface area contributed by atoms with Crippen LogP contribution in [0.15, 0.2) is 36.7 Å². The van der Waals surface area contributed by atoms with Crippen LogP contribution in [-0.2, 0) is 9.59 Å². The third-order valence-electron chi connectivity index (χ3n) is 4.96. The summed E-state index contributed by atoms with van der Waals surface area (Å²) in [6.07, 6.45) is 4.25. The van der Waals surface area contributed by atoms with E-state index < -0.39 is 17.7 Å². The third kappa shape index (κ3) is 4.65. The van der Waals surface area contributed by atoms with Crippen molar-refractivity contribution < 1.29 is 14.4 Å². The lowest BCUT2D eigenvalue weighted by Gasteiger charge is -2.38. The molecule has 3 amide bonds. The van der Waals surface area contributed by atoms with Crippen LogP contribution < -0.4 is 16.8 Å². The van der Waals surface area contributed by atoms with Crippen LogP contribution in [0.1, 0.15) is 41.7 Å². The Balaban J connectivity index is 1.81. The number of pyridine rings is 1. The van der Waals surface area contributed by atoms with Gasteiger partial charge in [0.1, 0.15) is 0 Å². The number of aromatic nitrogens is 1. The molecule has 8 nitrogen and oxygen atoms in total. The van der Waals surface area contributed by atoms with Gasteiger partial charge in [0.25, 0.3) is 0 Å². The van der Waals surface area contributed by atoms with Crippen molar-refractivity contribution in [3.63, 3.8) is 0 Å². The molecule has 5 N–H and O–H groups in total. The summed E-state index contributed by atoms with van der Waals surface area (Å²) in [6.45, 7) is 2.48. The van der Waals surface area contributed by atoms with Gasteiger partial charge in [-0.1, -0.05) is 24.6 Å². The molecule has 1 aromatic heterocycles. The first-order valence-corrected chi connectivity index (χ1v) is 9.55. The molecule has 2 atom stereocenters. The summed E-state index contributed by atoms with van der Waals surface area (Å²) in [5, 5.41) is 2.94. The zero-order valence-corrected chi connectivity index (χ0v) is 16.6. The van der Waals surface area contributed by atoms with Gasteiger partial charge in [-0.3, -0.25) is 19.4 Å². The molecule has 1 aliphatic heterocycles. The number of nitrogens with two attached hydrogens (primary N) is 2. The van der Waals surface area contributed by atoms with Crippen LogP contribution in [0.5, 0.6) is 0 Å². The second-order valence-corrected chi connectivity index (χ2v) is 7.62. The van der Waals surface area contributed by atoms with E-state index in [4.69, 9.17) is 23.1 Å². The lowest BCUT2D eigenvalue weighted by molar-refractivity contribution is -0.146. The molecule has 1 aromatic carbocycles. The minimum Gasteiger partial charge on any atom is -0.398 e. The first kappa shape index (κ1) is 20.6. The van der Waals surface area contributed by atoms with Crippen LogP contribution in [0.2, 0.25) is 5.02 Å². The van der Waals surface area contributed by atoms with Crippen molar-refractivity contribution in [1.82, 2.24) is 9.88 Å². The molecule has 0 aliphatic carbocycles. The quantitative estimate of drug-likeness (QED) is 0.523. The number of nitrogens with zero attached hydrogens (tertiary/aromatic N) is 2. The summed E-state index contributed by atoms with van der Waals surface area (Å²) < 4.78 is 0. The summed E-state index contributed by atoms with van der Waals surface area (Å²) in [5.41, 5.74) is 12.8. The number of anilines is 2. The second kappa shape index (κ2) is 8.48. The summed E-state index contributed by atoms with van der Waals surface area (Å²) >= 11 is 6.01. The monoisotopic (exact) mass is 415 g/mol. The smallest absolute Gasteiger partial charge is 0.313 e. The zero-order valence-electron chi connectivity index (χ0n) is 15.9. The number of nitrogen functional groups attached to an aromatic ring is 1. The average molecular weight is 416 g/mol. The molecular weight excluding hydrogens is 394 g/mol. The number of benzene rings is 1. The molecule has 9 heteroatoms. The Morgan fingerprint density at radius 1 is 1.21 bits per heavy atom. The average Bonchev–Trinajstić information content (AvgIpc) is 2.69. The number of primary amides is 1. The molecule has 0 saturated carbocycles. The van der Waals surface area contributed by atoms with E-state index in [1.165, 1.54) is 18.5 Å². The highest BCUT2D eigenvalue weighted by Crippen LogP contribution is 2.35. The lowest BCUT2D eigenvalue weighted by Crippen LogP contribution is -2.46. The first-order chi connectivity index (χ1) is 13.8. The maximum absolute atomic E-state index is 12.9. The first-order valence-electron chi connectivity index (χ1n) is 9.18.